The molecule has 2 rings (SSSR count). The second-order valence-corrected chi connectivity index (χ2v) is 7.95. The summed E-state index contributed by atoms with van der Waals surface area (Å²) in [6.45, 7) is 1.68. The van der Waals surface area contributed by atoms with Gasteiger partial charge in [-0.3, -0.25) is 0 Å². The van der Waals surface area contributed by atoms with Crippen molar-refractivity contribution in [2.75, 3.05) is 5.75 Å². The lowest BCUT2D eigenvalue weighted by molar-refractivity contribution is 0.596. The predicted molar refractivity (Wildman–Crippen MR) is 86.0 cm³/mol. The van der Waals surface area contributed by atoms with Crippen molar-refractivity contribution in [3.8, 4) is 0 Å². The monoisotopic (exact) mass is 352 g/mol. The van der Waals surface area contributed by atoms with E-state index in [0.717, 1.165) is 11.1 Å². The molecule has 0 N–H and O–H groups in total. The Morgan fingerprint density at radius 2 is 1.60 bits per heavy atom. The second-order valence-electron chi connectivity index (χ2n) is 4.59. The first kappa shape index (κ1) is 15.3. The lowest BCUT2D eigenvalue weighted by Gasteiger charge is -2.13. The molecule has 106 valence electrons. The molecule has 20 heavy (non-hydrogen) atoms. The minimum Gasteiger partial charge on any atom is -0.224 e. The van der Waals surface area contributed by atoms with E-state index >= 15 is 0 Å². The van der Waals surface area contributed by atoms with E-state index in [4.69, 9.17) is 0 Å². The van der Waals surface area contributed by atoms with Gasteiger partial charge in [0, 0.05) is 4.83 Å². The zero-order valence-electron chi connectivity index (χ0n) is 11.3. The zero-order valence-corrected chi connectivity index (χ0v) is 13.7. The summed E-state index contributed by atoms with van der Waals surface area (Å²) < 4.78 is 24.2. The van der Waals surface area contributed by atoms with Gasteiger partial charge >= 0.3 is 0 Å². The largest absolute Gasteiger partial charge is 0.224 e. The van der Waals surface area contributed by atoms with Crippen LogP contribution in [0.5, 0.6) is 0 Å². The van der Waals surface area contributed by atoms with Gasteiger partial charge in [-0.1, -0.05) is 71.4 Å². The van der Waals surface area contributed by atoms with Crippen molar-refractivity contribution in [3.05, 3.63) is 65.7 Å². The third-order valence-electron chi connectivity index (χ3n) is 3.25. The number of rotatable bonds is 5. The first-order valence-corrected chi connectivity index (χ1v) is 9.11. The maximum absolute atomic E-state index is 12.1. The number of hydrogen-bond acceptors (Lipinski definition) is 2. The zero-order chi connectivity index (χ0) is 14.6. The number of alkyl halides is 1. The minimum atomic E-state index is -3.18. The summed E-state index contributed by atoms with van der Waals surface area (Å²) >= 11 is 3.65. The normalized spacial score (nSPS) is 13.1. The van der Waals surface area contributed by atoms with Gasteiger partial charge in [-0.15, -0.1) is 0 Å². The van der Waals surface area contributed by atoms with E-state index in [-0.39, 0.29) is 10.6 Å². The molecule has 0 saturated carbocycles. The fourth-order valence-corrected chi connectivity index (χ4v) is 3.91. The van der Waals surface area contributed by atoms with Crippen LogP contribution in [-0.4, -0.2) is 14.2 Å². The molecule has 0 aliphatic rings. The number of benzene rings is 2. The Morgan fingerprint density at radius 1 is 1.00 bits per heavy atom. The van der Waals surface area contributed by atoms with Gasteiger partial charge in [-0.2, -0.15) is 0 Å². The molecule has 2 aromatic rings. The summed E-state index contributed by atoms with van der Waals surface area (Å²) in [5, 5.41) is 0. The average molecular weight is 353 g/mol. The molecule has 0 spiro atoms. The van der Waals surface area contributed by atoms with E-state index in [2.05, 4.69) is 15.9 Å². The van der Waals surface area contributed by atoms with Crippen LogP contribution in [-0.2, 0) is 16.3 Å². The quantitative estimate of drug-likeness (QED) is 0.757. The first-order chi connectivity index (χ1) is 9.54. The number of sulfone groups is 1. The van der Waals surface area contributed by atoms with Crippen molar-refractivity contribution >= 4 is 25.8 Å². The second kappa shape index (κ2) is 6.55. The average Bonchev–Trinajstić information content (AvgIpc) is 2.48. The summed E-state index contributed by atoms with van der Waals surface area (Å²) in [7, 11) is -3.18. The van der Waals surface area contributed by atoms with Crippen LogP contribution in [0, 0.1) is 0 Å². The van der Waals surface area contributed by atoms with E-state index in [0.29, 0.717) is 11.3 Å². The molecule has 0 heterocycles. The van der Waals surface area contributed by atoms with Gasteiger partial charge in [0.25, 0.3) is 0 Å². The smallest absolute Gasteiger partial charge is 0.178 e. The maximum atomic E-state index is 12.1. The first-order valence-electron chi connectivity index (χ1n) is 6.54. The molecule has 0 amide bonds. The van der Waals surface area contributed by atoms with Crippen LogP contribution in [0.1, 0.15) is 22.9 Å². The Labute approximate surface area is 128 Å². The fraction of sp³-hybridized carbons (Fsp3) is 0.250. The van der Waals surface area contributed by atoms with Gasteiger partial charge in [0.15, 0.2) is 9.84 Å². The Balaban J connectivity index is 2.31. The van der Waals surface area contributed by atoms with Crippen LogP contribution in [0.15, 0.2) is 59.5 Å². The Morgan fingerprint density at radius 3 is 2.25 bits per heavy atom. The molecule has 0 aliphatic heterocycles. The Bertz CT molecular complexity index is 666. The molecule has 0 bridgehead atoms. The van der Waals surface area contributed by atoms with Crippen LogP contribution in [0.2, 0.25) is 0 Å². The van der Waals surface area contributed by atoms with E-state index in [1.165, 1.54) is 0 Å². The van der Waals surface area contributed by atoms with Crippen LogP contribution in [0.4, 0.5) is 0 Å². The van der Waals surface area contributed by atoms with Crippen molar-refractivity contribution in [1.82, 2.24) is 0 Å². The highest BCUT2D eigenvalue weighted by Crippen LogP contribution is 2.29. The SMILES string of the molecule is CCS(=O)(=O)c1ccccc1CC(Br)c1ccccc1. The Kier molecular flexibility index (Phi) is 5.00. The number of halogens is 1. The van der Waals surface area contributed by atoms with Crippen LogP contribution in [0.3, 0.4) is 0 Å². The fourth-order valence-electron chi connectivity index (χ4n) is 2.10. The van der Waals surface area contributed by atoms with Gasteiger partial charge in [0.05, 0.1) is 10.6 Å². The molecule has 1 atom stereocenters. The molecule has 0 saturated heterocycles. The molecule has 2 nitrogen and oxygen atoms in total. The summed E-state index contributed by atoms with van der Waals surface area (Å²) in [5.74, 6) is 0.127. The lowest BCUT2D eigenvalue weighted by Crippen LogP contribution is -2.08. The van der Waals surface area contributed by atoms with Crippen molar-refractivity contribution < 1.29 is 8.42 Å². The van der Waals surface area contributed by atoms with Crippen LogP contribution in [0.25, 0.3) is 0 Å². The van der Waals surface area contributed by atoms with Crippen LogP contribution < -0.4 is 0 Å². The van der Waals surface area contributed by atoms with Crippen molar-refractivity contribution in [2.24, 2.45) is 0 Å². The lowest BCUT2D eigenvalue weighted by atomic mass is 10.0. The van der Waals surface area contributed by atoms with Gasteiger partial charge in [-0.05, 0) is 23.6 Å². The molecule has 4 heteroatoms. The third kappa shape index (κ3) is 3.49. The van der Waals surface area contributed by atoms with E-state index < -0.39 is 9.84 Å². The summed E-state index contributed by atoms with van der Waals surface area (Å²) in [5.41, 5.74) is 2.01. The van der Waals surface area contributed by atoms with Crippen molar-refractivity contribution in [1.29, 1.82) is 0 Å². The summed E-state index contributed by atoms with van der Waals surface area (Å²) in [4.78, 5) is 0.555. The molecular weight excluding hydrogens is 336 g/mol. The highest BCUT2D eigenvalue weighted by atomic mass is 79.9. The number of hydrogen-bond donors (Lipinski definition) is 0. The molecule has 0 fully saturated rings. The van der Waals surface area contributed by atoms with Crippen molar-refractivity contribution in [2.45, 2.75) is 23.1 Å². The highest BCUT2D eigenvalue weighted by Gasteiger charge is 2.18. The third-order valence-corrected chi connectivity index (χ3v) is 5.93. The van der Waals surface area contributed by atoms with Gasteiger partial charge in [0.2, 0.25) is 0 Å². The molecule has 0 aromatic heterocycles. The van der Waals surface area contributed by atoms with E-state index in [9.17, 15) is 8.42 Å². The molecular formula is C16H17BrO2S. The molecule has 1 unspecified atom stereocenters. The molecule has 2 aromatic carbocycles. The summed E-state index contributed by atoms with van der Waals surface area (Å²) in [6.07, 6.45) is 0.652. The minimum absolute atomic E-state index is 0.108. The van der Waals surface area contributed by atoms with Gasteiger partial charge in [0.1, 0.15) is 0 Å². The summed E-state index contributed by atoms with van der Waals surface area (Å²) in [6, 6.07) is 17.3. The Hall–Kier alpha value is -1.13. The van der Waals surface area contributed by atoms with E-state index in [1.807, 2.05) is 42.5 Å². The predicted octanol–water partition coefficient (Wildman–Crippen LogP) is 4.16. The molecule has 0 aliphatic carbocycles. The maximum Gasteiger partial charge on any atom is 0.178 e. The van der Waals surface area contributed by atoms with Gasteiger partial charge in [-0.25, -0.2) is 8.42 Å². The van der Waals surface area contributed by atoms with Crippen LogP contribution >= 0.6 is 15.9 Å². The van der Waals surface area contributed by atoms with Gasteiger partial charge < -0.3 is 0 Å². The molecule has 0 radical (unpaired) electrons. The highest BCUT2D eigenvalue weighted by molar-refractivity contribution is 9.09. The van der Waals surface area contributed by atoms with Crippen molar-refractivity contribution in [3.63, 3.8) is 0 Å². The standard InChI is InChI=1S/C16H17BrO2S/c1-2-20(18,19)16-11-7-6-10-14(16)12-15(17)13-8-4-3-5-9-13/h3-11,15H,2,12H2,1H3. The van der Waals surface area contributed by atoms with E-state index in [1.54, 1.807) is 19.1 Å². The topological polar surface area (TPSA) is 34.1 Å².